The first-order chi connectivity index (χ1) is 9.36. The van der Waals surface area contributed by atoms with Crippen molar-refractivity contribution < 1.29 is 4.74 Å². The summed E-state index contributed by atoms with van der Waals surface area (Å²) in [5.41, 5.74) is 2.95. The van der Waals surface area contributed by atoms with Gasteiger partial charge in [-0.05, 0) is 31.0 Å². The van der Waals surface area contributed by atoms with Crippen LogP contribution in [0.15, 0.2) is 24.3 Å². The molecule has 1 aromatic carbocycles. The molecule has 0 bridgehead atoms. The molecule has 3 rings (SSSR count). The minimum absolute atomic E-state index is 0.619. The summed E-state index contributed by atoms with van der Waals surface area (Å²) < 4.78 is 5.50. The Bertz CT molecular complexity index is 415. The zero-order valence-corrected chi connectivity index (χ0v) is 11.8. The molecule has 3 heteroatoms. The van der Waals surface area contributed by atoms with Crippen molar-refractivity contribution in [3.8, 4) is 0 Å². The summed E-state index contributed by atoms with van der Waals surface area (Å²) in [7, 11) is 0. The van der Waals surface area contributed by atoms with Crippen LogP contribution in [0.2, 0.25) is 0 Å². The van der Waals surface area contributed by atoms with E-state index in [1.54, 1.807) is 0 Å². The van der Waals surface area contributed by atoms with Crippen molar-refractivity contribution in [3.05, 3.63) is 35.4 Å². The molecule has 0 aliphatic carbocycles. The average molecular weight is 260 g/mol. The van der Waals surface area contributed by atoms with E-state index < -0.39 is 0 Å². The number of nitrogens with one attached hydrogen (secondary N) is 1. The number of aryl methyl sites for hydroxylation is 1. The van der Waals surface area contributed by atoms with Gasteiger partial charge in [0.1, 0.15) is 0 Å². The second kappa shape index (κ2) is 6.04. The summed E-state index contributed by atoms with van der Waals surface area (Å²) in [5, 5.41) is 3.57. The number of hydrogen-bond donors (Lipinski definition) is 1. The minimum Gasteiger partial charge on any atom is -0.379 e. The highest BCUT2D eigenvalue weighted by molar-refractivity contribution is 5.31. The maximum atomic E-state index is 5.50. The fourth-order valence-electron chi connectivity index (χ4n) is 3.51. The molecule has 2 aliphatic rings. The van der Waals surface area contributed by atoms with Crippen molar-refractivity contribution >= 4 is 0 Å². The normalized spacial score (nSPS) is 29.3. The molecular formula is C16H24N2O. The fraction of sp³-hybridized carbons (Fsp3) is 0.625. The summed E-state index contributed by atoms with van der Waals surface area (Å²) in [6, 6.07) is 9.53. The van der Waals surface area contributed by atoms with Crippen molar-refractivity contribution in [2.45, 2.75) is 25.3 Å². The molecule has 19 heavy (non-hydrogen) atoms. The third kappa shape index (κ3) is 2.83. The third-order valence-electron chi connectivity index (χ3n) is 4.55. The number of piperidine rings is 1. The molecular weight excluding hydrogens is 236 g/mol. The van der Waals surface area contributed by atoms with Gasteiger partial charge in [0.2, 0.25) is 0 Å². The van der Waals surface area contributed by atoms with Crippen molar-refractivity contribution in [3.63, 3.8) is 0 Å². The van der Waals surface area contributed by atoms with Crippen LogP contribution in [-0.4, -0.2) is 50.3 Å². The van der Waals surface area contributed by atoms with E-state index in [-0.39, 0.29) is 0 Å². The van der Waals surface area contributed by atoms with Crippen molar-refractivity contribution in [2.24, 2.45) is 0 Å². The van der Waals surface area contributed by atoms with Crippen LogP contribution in [0.1, 0.15) is 23.5 Å². The topological polar surface area (TPSA) is 24.5 Å². The summed E-state index contributed by atoms with van der Waals surface area (Å²) in [4.78, 5) is 2.64. The first-order valence-electron chi connectivity index (χ1n) is 7.44. The van der Waals surface area contributed by atoms with E-state index in [1.807, 2.05) is 0 Å². The molecule has 104 valence electrons. The van der Waals surface area contributed by atoms with Gasteiger partial charge in [-0.1, -0.05) is 24.3 Å². The highest BCUT2D eigenvalue weighted by atomic mass is 16.5. The lowest BCUT2D eigenvalue weighted by Crippen LogP contribution is -2.52. The van der Waals surface area contributed by atoms with Gasteiger partial charge < -0.3 is 10.1 Å². The van der Waals surface area contributed by atoms with Gasteiger partial charge in [0.05, 0.1) is 13.2 Å². The summed E-state index contributed by atoms with van der Waals surface area (Å²) >= 11 is 0. The van der Waals surface area contributed by atoms with Gasteiger partial charge in [-0.3, -0.25) is 4.90 Å². The zero-order valence-electron chi connectivity index (χ0n) is 11.8. The third-order valence-corrected chi connectivity index (χ3v) is 4.55. The number of ether oxygens (including phenoxy) is 1. The molecule has 0 radical (unpaired) electrons. The Labute approximate surface area is 115 Å². The van der Waals surface area contributed by atoms with Crippen LogP contribution >= 0.6 is 0 Å². The first-order valence-corrected chi connectivity index (χ1v) is 7.44. The van der Waals surface area contributed by atoms with E-state index in [2.05, 4.69) is 41.4 Å². The highest BCUT2D eigenvalue weighted by Crippen LogP contribution is 2.30. The maximum absolute atomic E-state index is 5.50. The van der Waals surface area contributed by atoms with Crippen LogP contribution in [0.25, 0.3) is 0 Å². The predicted octanol–water partition coefficient (Wildman–Crippen LogP) is 1.77. The van der Waals surface area contributed by atoms with E-state index in [0.717, 1.165) is 39.4 Å². The Kier molecular flexibility index (Phi) is 4.16. The number of hydrogen-bond acceptors (Lipinski definition) is 3. The highest BCUT2D eigenvalue weighted by Gasteiger charge is 2.32. The van der Waals surface area contributed by atoms with Crippen molar-refractivity contribution in [2.75, 3.05) is 39.4 Å². The number of nitrogens with zero attached hydrogens (tertiary/aromatic N) is 1. The Balaban J connectivity index is 1.82. The second-order valence-electron chi connectivity index (χ2n) is 5.67. The van der Waals surface area contributed by atoms with Crippen LogP contribution < -0.4 is 5.32 Å². The van der Waals surface area contributed by atoms with Crippen LogP contribution in [0.3, 0.4) is 0 Å². The molecule has 2 aliphatic heterocycles. The largest absolute Gasteiger partial charge is 0.379 e. The van der Waals surface area contributed by atoms with E-state index in [1.165, 1.54) is 17.5 Å². The molecule has 0 spiro atoms. The Hall–Kier alpha value is -0.900. The van der Waals surface area contributed by atoms with Crippen LogP contribution in [0, 0.1) is 6.92 Å². The minimum atomic E-state index is 0.619. The van der Waals surface area contributed by atoms with E-state index in [4.69, 9.17) is 4.74 Å². The first kappa shape index (κ1) is 13.1. The van der Waals surface area contributed by atoms with Crippen molar-refractivity contribution in [1.82, 2.24) is 10.2 Å². The van der Waals surface area contributed by atoms with Gasteiger partial charge in [-0.25, -0.2) is 0 Å². The summed E-state index contributed by atoms with van der Waals surface area (Å²) in [6.07, 6.45) is 1.25. The Morgan fingerprint density at radius 2 is 2.00 bits per heavy atom. The van der Waals surface area contributed by atoms with Crippen LogP contribution in [0.4, 0.5) is 0 Å². The predicted molar refractivity (Wildman–Crippen MR) is 77.6 cm³/mol. The zero-order chi connectivity index (χ0) is 13.1. The molecule has 2 saturated heterocycles. The van der Waals surface area contributed by atoms with Crippen LogP contribution in [-0.2, 0) is 4.74 Å². The molecule has 1 aromatic rings. The number of benzene rings is 1. The lowest BCUT2D eigenvalue weighted by atomic mass is 9.83. The second-order valence-corrected chi connectivity index (χ2v) is 5.67. The monoisotopic (exact) mass is 260 g/mol. The van der Waals surface area contributed by atoms with E-state index in [9.17, 15) is 0 Å². The van der Waals surface area contributed by atoms with Gasteiger partial charge in [-0.15, -0.1) is 0 Å². The Morgan fingerprint density at radius 1 is 1.21 bits per heavy atom. The lowest BCUT2D eigenvalue weighted by Gasteiger charge is -2.42. The number of rotatable bonds is 2. The lowest BCUT2D eigenvalue weighted by molar-refractivity contribution is 0.00478. The molecule has 0 amide bonds. The van der Waals surface area contributed by atoms with Crippen LogP contribution in [0.5, 0.6) is 0 Å². The fourth-order valence-corrected chi connectivity index (χ4v) is 3.51. The summed E-state index contributed by atoms with van der Waals surface area (Å²) in [5.74, 6) is 0.619. The van der Waals surface area contributed by atoms with Gasteiger partial charge in [0, 0.05) is 31.6 Å². The van der Waals surface area contributed by atoms with E-state index >= 15 is 0 Å². The number of morpholine rings is 1. The Morgan fingerprint density at radius 3 is 2.79 bits per heavy atom. The van der Waals surface area contributed by atoms with E-state index in [0.29, 0.717) is 12.0 Å². The molecule has 2 fully saturated rings. The average Bonchev–Trinajstić information content (AvgIpc) is 2.49. The smallest absolute Gasteiger partial charge is 0.0594 e. The summed E-state index contributed by atoms with van der Waals surface area (Å²) in [6.45, 7) is 8.45. The maximum Gasteiger partial charge on any atom is 0.0594 e. The molecule has 2 unspecified atom stereocenters. The van der Waals surface area contributed by atoms with Gasteiger partial charge in [0.25, 0.3) is 0 Å². The molecule has 0 saturated carbocycles. The molecule has 2 atom stereocenters. The molecule has 1 N–H and O–H groups in total. The quantitative estimate of drug-likeness (QED) is 0.877. The standard InChI is InChI=1S/C16H24N2O/c1-13-4-2-3-5-14(13)15-12-17-7-6-16(15)18-8-10-19-11-9-18/h2-5,15-17H,6-12H2,1H3. The molecule has 3 nitrogen and oxygen atoms in total. The molecule has 0 aromatic heterocycles. The van der Waals surface area contributed by atoms with Gasteiger partial charge in [-0.2, -0.15) is 0 Å². The van der Waals surface area contributed by atoms with Crippen molar-refractivity contribution in [1.29, 1.82) is 0 Å². The SMILES string of the molecule is Cc1ccccc1C1CNCCC1N1CCOCC1. The molecule has 2 heterocycles. The van der Waals surface area contributed by atoms with Gasteiger partial charge >= 0.3 is 0 Å². The van der Waals surface area contributed by atoms with Gasteiger partial charge in [0.15, 0.2) is 0 Å².